The van der Waals surface area contributed by atoms with Crippen LogP contribution in [0.25, 0.3) is 11.1 Å². The Morgan fingerprint density at radius 1 is 0.882 bits per heavy atom. The Hall–Kier alpha value is -1.23. The van der Waals surface area contributed by atoms with E-state index in [1.54, 1.807) is 14.2 Å². The van der Waals surface area contributed by atoms with Crippen LogP contribution in [0.4, 0.5) is 0 Å². The van der Waals surface area contributed by atoms with Crippen molar-refractivity contribution < 1.29 is 9.47 Å². The van der Waals surface area contributed by atoms with Crippen molar-refractivity contribution in [1.82, 2.24) is 0 Å². The van der Waals surface area contributed by atoms with Gasteiger partial charge in [0.2, 0.25) is 0 Å². The first-order valence-electron chi connectivity index (χ1n) is 5.23. The van der Waals surface area contributed by atoms with Crippen LogP contribution in [0.2, 0.25) is 0 Å². The van der Waals surface area contributed by atoms with Gasteiger partial charge in [0.15, 0.2) is 11.5 Å². The average Bonchev–Trinajstić information content (AvgIpc) is 2.38. The third-order valence-corrected chi connectivity index (χ3v) is 3.51. The molecule has 0 aliphatic carbocycles. The van der Waals surface area contributed by atoms with E-state index in [4.69, 9.17) is 9.47 Å². The predicted octanol–water partition coefficient (Wildman–Crippen LogP) is 3.98. The molecular formula is C14H13IO2. The zero-order valence-electron chi connectivity index (χ0n) is 9.74. The highest BCUT2D eigenvalue weighted by Gasteiger charge is 2.07. The van der Waals surface area contributed by atoms with E-state index < -0.39 is 0 Å². The summed E-state index contributed by atoms with van der Waals surface area (Å²) in [6, 6.07) is 14.2. The molecule has 17 heavy (non-hydrogen) atoms. The number of hydrogen-bond acceptors (Lipinski definition) is 2. The summed E-state index contributed by atoms with van der Waals surface area (Å²) in [6.45, 7) is 0. The minimum absolute atomic E-state index is 0.752. The van der Waals surface area contributed by atoms with Crippen LogP contribution < -0.4 is 9.47 Å². The van der Waals surface area contributed by atoms with Crippen LogP contribution in [-0.4, -0.2) is 14.2 Å². The summed E-state index contributed by atoms with van der Waals surface area (Å²) >= 11 is 2.33. The molecule has 2 aromatic carbocycles. The van der Waals surface area contributed by atoms with Crippen molar-refractivity contribution in [2.24, 2.45) is 0 Å². The monoisotopic (exact) mass is 340 g/mol. The van der Waals surface area contributed by atoms with Gasteiger partial charge in [-0.05, 0) is 51.9 Å². The maximum atomic E-state index is 5.31. The summed E-state index contributed by atoms with van der Waals surface area (Å²) in [4.78, 5) is 0. The van der Waals surface area contributed by atoms with Gasteiger partial charge in [-0.2, -0.15) is 0 Å². The Kier molecular flexibility index (Phi) is 3.89. The summed E-state index contributed by atoms with van der Waals surface area (Å²) in [5, 5.41) is 0. The fourth-order valence-corrected chi connectivity index (χ4v) is 2.40. The number of ether oxygens (including phenoxy) is 2. The van der Waals surface area contributed by atoms with Gasteiger partial charge in [0, 0.05) is 3.57 Å². The van der Waals surface area contributed by atoms with Gasteiger partial charge in [-0.1, -0.05) is 24.3 Å². The number of rotatable bonds is 3. The smallest absolute Gasteiger partial charge is 0.161 e. The van der Waals surface area contributed by atoms with Gasteiger partial charge >= 0.3 is 0 Å². The molecule has 0 fully saturated rings. The first-order valence-corrected chi connectivity index (χ1v) is 6.31. The lowest BCUT2D eigenvalue weighted by Crippen LogP contribution is -1.91. The Balaban J connectivity index is 2.50. The Labute approximate surface area is 115 Å². The molecule has 0 radical (unpaired) electrons. The second-order valence-corrected chi connectivity index (χ2v) is 4.71. The van der Waals surface area contributed by atoms with Crippen LogP contribution in [0, 0.1) is 3.57 Å². The quantitative estimate of drug-likeness (QED) is 0.787. The second kappa shape index (κ2) is 5.40. The molecule has 2 rings (SSSR count). The van der Waals surface area contributed by atoms with Gasteiger partial charge in [-0.3, -0.25) is 0 Å². The van der Waals surface area contributed by atoms with Gasteiger partial charge in [-0.15, -0.1) is 0 Å². The molecule has 0 spiro atoms. The van der Waals surface area contributed by atoms with Crippen LogP contribution in [0.3, 0.4) is 0 Å². The van der Waals surface area contributed by atoms with Crippen LogP contribution in [-0.2, 0) is 0 Å². The molecule has 0 aliphatic heterocycles. The van der Waals surface area contributed by atoms with Crippen LogP contribution in [0.5, 0.6) is 11.5 Å². The number of methoxy groups -OCH3 is 2. The molecule has 2 nitrogen and oxygen atoms in total. The third kappa shape index (κ3) is 2.54. The topological polar surface area (TPSA) is 18.5 Å². The van der Waals surface area contributed by atoms with Crippen molar-refractivity contribution >= 4 is 22.6 Å². The Morgan fingerprint density at radius 2 is 1.59 bits per heavy atom. The van der Waals surface area contributed by atoms with Gasteiger partial charge < -0.3 is 9.47 Å². The number of hydrogen-bond donors (Lipinski definition) is 0. The maximum Gasteiger partial charge on any atom is 0.161 e. The lowest BCUT2D eigenvalue weighted by molar-refractivity contribution is 0.355. The SMILES string of the molecule is COc1ccc(-c2ccccc2I)cc1OC. The normalized spacial score (nSPS) is 10.1. The van der Waals surface area contributed by atoms with Crippen LogP contribution >= 0.6 is 22.6 Å². The summed E-state index contributed by atoms with van der Waals surface area (Å²) in [6.07, 6.45) is 0. The molecule has 0 aromatic heterocycles. The maximum absolute atomic E-state index is 5.31. The van der Waals surface area contributed by atoms with Crippen molar-refractivity contribution in [2.45, 2.75) is 0 Å². The molecule has 0 aliphatic rings. The summed E-state index contributed by atoms with van der Waals surface area (Å²) in [5.74, 6) is 1.51. The molecule has 0 N–H and O–H groups in total. The van der Waals surface area contributed by atoms with Crippen molar-refractivity contribution in [2.75, 3.05) is 14.2 Å². The molecule has 0 atom stereocenters. The van der Waals surface area contributed by atoms with Crippen LogP contribution in [0.1, 0.15) is 0 Å². The highest BCUT2D eigenvalue weighted by Crippen LogP contribution is 2.33. The fraction of sp³-hybridized carbons (Fsp3) is 0.143. The van der Waals surface area contributed by atoms with E-state index in [-0.39, 0.29) is 0 Å². The highest BCUT2D eigenvalue weighted by atomic mass is 127. The predicted molar refractivity (Wildman–Crippen MR) is 77.7 cm³/mol. The minimum atomic E-state index is 0.752. The lowest BCUT2D eigenvalue weighted by atomic mass is 10.1. The summed E-state index contributed by atoms with van der Waals surface area (Å²) < 4.78 is 11.8. The van der Waals surface area contributed by atoms with E-state index in [1.807, 2.05) is 30.3 Å². The zero-order valence-corrected chi connectivity index (χ0v) is 11.9. The fourth-order valence-electron chi connectivity index (χ4n) is 1.70. The van der Waals surface area contributed by atoms with Gasteiger partial charge in [0.05, 0.1) is 14.2 Å². The van der Waals surface area contributed by atoms with E-state index in [9.17, 15) is 0 Å². The minimum Gasteiger partial charge on any atom is -0.493 e. The van der Waals surface area contributed by atoms with Crippen molar-refractivity contribution in [3.8, 4) is 22.6 Å². The van der Waals surface area contributed by atoms with E-state index >= 15 is 0 Å². The highest BCUT2D eigenvalue weighted by molar-refractivity contribution is 14.1. The van der Waals surface area contributed by atoms with Gasteiger partial charge in [0.25, 0.3) is 0 Å². The molecule has 88 valence electrons. The second-order valence-electron chi connectivity index (χ2n) is 3.55. The van der Waals surface area contributed by atoms with E-state index in [1.165, 1.54) is 9.13 Å². The largest absolute Gasteiger partial charge is 0.493 e. The molecule has 0 unspecified atom stereocenters. The first kappa shape index (κ1) is 12.2. The number of benzene rings is 2. The van der Waals surface area contributed by atoms with Gasteiger partial charge in [0.1, 0.15) is 0 Å². The van der Waals surface area contributed by atoms with Crippen molar-refractivity contribution in [3.05, 3.63) is 46.0 Å². The van der Waals surface area contributed by atoms with Crippen molar-refractivity contribution in [1.29, 1.82) is 0 Å². The molecular weight excluding hydrogens is 327 g/mol. The first-order chi connectivity index (χ1) is 8.26. The van der Waals surface area contributed by atoms with Crippen molar-refractivity contribution in [3.63, 3.8) is 0 Å². The molecule has 0 amide bonds. The molecule has 0 bridgehead atoms. The molecule has 0 saturated carbocycles. The molecule has 2 aromatic rings. The van der Waals surface area contributed by atoms with E-state index in [0.717, 1.165) is 17.1 Å². The molecule has 0 heterocycles. The molecule has 3 heteroatoms. The standard InChI is InChI=1S/C14H13IO2/c1-16-13-8-7-10(9-14(13)17-2)11-5-3-4-6-12(11)15/h3-9H,1-2H3. The zero-order chi connectivity index (χ0) is 12.3. The number of halogens is 1. The summed E-state index contributed by atoms with van der Waals surface area (Å²) in [5.41, 5.74) is 2.33. The Morgan fingerprint density at radius 3 is 2.24 bits per heavy atom. The third-order valence-electron chi connectivity index (χ3n) is 2.57. The van der Waals surface area contributed by atoms with Crippen LogP contribution in [0.15, 0.2) is 42.5 Å². The van der Waals surface area contributed by atoms with E-state index in [0.29, 0.717) is 0 Å². The van der Waals surface area contributed by atoms with Gasteiger partial charge in [-0.25, -0.2) is 0 Å². The average molecular weight is 340 g/mol. The summed E-state index contributed by atoms with van der Waals surface area (Å²) in [7, 11) is 3.29. The van der Waals surface area contributed by atoms with E-state index in [2.05, 4.69) is 34.7 Å². The molecule has 0 saturated heterocycles. The Bertz CT molecular complexity index is 523. The lowest BCUT2D eigenvalue weighted by Gasteiger charge is -2.10.